The fourth-order valence-electron chi connectivity index (χ4n) is 3.11. The Balaban J connectivity index is 3.38. The lowest BCUT2D eigenvalue weighted by molar-refractivity contribution is 0.659. The smallest absolute Gasteiger partial charge is 0.0489 e. The minimum Gasteiger partial charge on any atom is -0.383 e. The van der Waals surface area contributed by atoms with Gasteiger partial charge in [-0.15, -0.1) is 0 Å². The van der Waals surface area contributed by atoms with Gasteiger partial charge in [0.25, 0.3) is 0 Å². The number of allylic oxidation sites excluding steroid dienone is 3. The lowest BCUT2D eigenvalue weighted by Crippen LogP contribution is -2.27. The molecule has 0 heterocycles. The van der Waals surface area contributed by atoms with Crippen LogP contribution in [0.4, 0.5) is 0 Å². The second kappa shape index (κ2) is 10.8. The molecule has 0 saturated heterocycles. The molecule has 1 aromatic carbocycles. The van der Waals surface area contributed by atoms with Crippen LogP contribution in [0.3, 0.4) is 0 Å². The van der Waals surface area contributed by atoms with Crippen molar-refractivity contribution in [3.8, 4) is 0 Å². The third-order valence-electron chi connectivity index (χ3n) is 4.16. The van der Waals surface area contributed by atoms with Crippen LogP contribution in [0.5, 0.6) is 0 Å². The van der Waals surface area contributed by atoms with E-state index in [4.69, 9.17) is 5.41 Å². The molecule has 0 aliphatic rings. The van der Waals surface area contributed by atoms with Gasteiger partial charge in [-0.1, -0.05) is 48.6 Å². The van der Waals surface area contributed by atoms with Crippen molar-refractivity contribution >= 4 is 5.71 Å². The number of rotatable bonds is 10. The van der Waals surface area contributed by atoms with Gasteiger partial charge in [-0.3, -0.25) is 0 Å². The Morgan fingerprint density at radius 2 is 1.77 bits per heavy atom. The summed E-state index contributed by atoms with van der Waals surface area (Å²) in [5.41, 5.74) is 6.30. The maximum absolute atomic E-state index is 8.57. The summed E-state index contributed by atoms with van der Waals surface area (Å²) in [4.78, 5) is 0. The molecule has 3 heteroatoms. The fourth-order valence-corrected chi connectivity index (χ4v) is 3.11. The number of hydrogen-bond donors (Lipinski definition) is 3. The summed E-state index contributed by atoms with van der Waals surface area (Å²) in [7, 11) is 1.89. The Morgan fingerprint density at radius 1 is 1.15 bits per heavy atom. The molecule has 1 unspecified atom stereocenters. The molecule has 3 N–H and O–H groups in total. The summed E-state index contributed by atoms with van der Waals surface area (Å²) in [6.45, 7) is 15.2. The summed E-state index contributed by atoms with van der Waals surface area (Å²) in [5.74, 6) is 0.126. The highest BCUT2D eigenvalue weighted by molar-refractivity contribution is 6.00. The summed E-state index contributed by atoms with van der Waals surface area (Å²) in [5, 5.41) is 15.2. The Labute approximate surface area is 159 Å². The molecule has 142 valence electrons. The molecule has 0 spiro atoms. The van der Waals surface area contributed by atoms with E-state index in [2.05, 4.69) is 75.2 Å². The van der Waals surface area contributed by atoms with Crippen LogP contribution in [-0.4, -0.2) is 25.3 Å². The van der Waals surface area contributed by atoms with Crippen molar-refractivity contribution < 1.29 is 0 Å². The Kier molecular flexibility index (Phi) is 9.08. The fraction of sp³-hybridized carbons (Fsp3) is 0.435. The molecule has 0 aliphatic heterocycles. The minimum atomic E-state index is 0.126. The first-order chi connectivity index (χ1) is 12.3. The molecule has 0 bridgehead atoms. The first-order valence-corrected chi connectivity index (χ1v) is 9.34. The van der Waals surface area contributed by atoms with Gasteiger partial charge in [0.05, 0.1) is 0 Å². The van der Waals surface area contributed by atoms with E-state index in [0.29, 0.717) is 18.3 Å². The second-order valence-electron chi connectivity index (χ2n) is 7.38. The van der Waals surface area contributed by atoms with Crippen LogP contribution in [0.1, 0.15) is 40.2 Å². The van der Waals surface area contributed by atoms with Gasteiger partial charge < -0.3 is 16.0 Å². The van der Waals surface area contributed by atoms with E-state index in [-0.39, 0.29) is 5.92 Å². The second-order valence-corrected chi connectivity index (χ2v) is 7.38. The van der Waals surface area contributed by atoms with Crippen LogP contribution in [0.15, 0.2) is 65.4 Å². The highest BCUT2D eigenvalue weighted by atomic mass is 14.9. The van der Waals surface area contributed by atoms with Crippen LogP contribution in [0.25, 0.3) is 0 Å². The van der Waals surface area contributed by atoms with Crippen molar-refractivity contribution in [1.29, 1.82) is 5.41 Å². The van der Waals surface area contributed by atoms with E-state index < -0.39 is 0 Å². The standard InChI is InChI=1S/C23H35N3/c1-16(2)22(26-18(5)6)14-20(13-19-11-9-8-10-12-19)23(17(3)4)21(24)15-25-7/h8-12,14,18,20,24-26H,1,13,15H2,2-7H3/b22-14+,24-21?. The molecule has 0 saturated carbocycles. The zero-order chi connectivity index (χ0) is 19.7. The van der Waals surface area contributed by atoms with Crippen LogP contribution in [0, 0.1) is 11.3 Å². The van der Waals surface area contributed by atoms with Gasteiger partial charge in [0.15, 0.2) is 0 Å². The molecular formula is C23H35N3. The van der Waals surface area contributed by atoms with Crippen molar-refractivity contribution in [2.45, 2.75) is 47.1 Å². The number of nitrogens with one attached hydrogen (secondary N) is 3. The van der Waals surface area contributed by atoms with Gasteiger partial charge in [-0.2, -0.15) is 0 Å². The monoisotopic (exact) mass is 353 g/mol. The molecular weight excluding hydrogens is 318 g/mol. The quantitative estimate of drug-likeness (QED) is 0.415. The third kappa shape index (κ3) is 7.01. The van der Waals surface area contributed by atoms with Gasteiger partial charge in [-0.05, 0) is 64.8 Å². The first kappa shape index (κ1) is 21.9. The Bertz CT molecular complexity index is 662. The predicted octanol–water partition coefficient (Wildman–Crippen LogP) is 4.88. The van der Waals surface area contributed by atoms with Gasteiger partial charge in [-0.25, -0.2) is 0 Å². The Hall–Kier alpha value is -2.13. The molecule has 0 radical (unpaired) electrons. The number of hydrogen-bond acceptors (Lipinski definition) is 3. The zero-order valence-corrected chi connectivity index (χ0v) is 17.2. The van der Waals surface area contributed by atoms with E-state index in [1.807, 2.05) is 20.0 Å². The molecule has 1 rings (SSSR count). The van der Waals surface area contributed by atoms with Gasteiger partial charge in [0, 0.05) is 29.9 Å². The molecule has 3 nitrogen and oxygen atoms in total. The largest absolute Gasteiger partial charge is 0.383 e. The first-order valence-electron chi connectivity index (χ1n) is 9.34. The van der Waals surface area contributed by atoms with Crippen LogP contribution < -0.4 is 10.6 Å². The molecule has 26 heavy (non-hydrogen) atoms. The molecule has 0 aromatic heterocycles. The SMILES string of the molecule is C=C(C)/C(=C\C(Cc1ccccc1)C(C(=N)CNC)=C(C)C)NC(C)C. The van der Waals surface area contributed by atoms with E-state index in [0.717, 1.165) is 23.3 Å². The maximum atomic E-state index is 8.57. The summed E-state index contributed by atoms with van der Waals surface area (Å²) >= 11 is 0. The molecule has 1 aromatic rings. The average Bonchev–Trinajstić information content (AvgIpc) is 2.54. The summed E-state index contributed by atoms with van der Waals surface area (Å²) < 4.78 is 0. The van der Waals surface area contributed by atoms with Crippen molar-refractivity contribution in [3.63, 3.8) is 0 Å². The molecule has 0 amide bonds. The average molecular weight is 354 g/mol. The minimum absolute atomic E-state index is 0.126. The molecule has 0 fully saturated rings. The number of benzene rings is 1. The van der Waals surface area contributed by atoms with E-state index in [1.54, 1.807) is 0 Å². The van der Waals surface area contributed by atoms with Gasteiger partial charge >= 0.3 is 0 Å². The lowest BCUT2D eigenvalue weighted by Gasteiger charge is -2.23. The lowest BCUT2D eigenvalue weighted by atomic mass is 9.85. The van der Waals surface area contributed by atoms with Crippen molar-refractivity contribution in [2.75, 3.05) is 13.6 Å². The highest BCUT2D eigenvalue weighted by Crippen LogP contribution is 2.25. The Morgan fingerprint density at radius 3 is 2.23 bits per heavy atom. The molecule has 0 aliphatic carbocycles. The van der Waals surface area contributed by atoms with Gasteiger partial charge in [0.1, 0.15) is 0 Å². The van der Waals surface area contributed by atoms with Crippen LogP contribution >= 0.6 is 0 Å². The van der Waals surface area contributed by atoms with E-state index in [9.17, 15) is 0 Å². The van der Waals surface area contributed by atoms with Crippen molar-refractivity contribution in [1.82, 2.24) is 10.6 Å². The van der Waals surface area contributed by atoms with Crippen molar-refractivity contribution in [3.05, 3.63) is 71.0 Å². The summed E-state index contributed by atoms with van der Waals surface area (Å²) in [6, 6.07) is 10.8. The predicted molar refractivity (Wildman–Crippen MR) is 115 cm³/mol. The summed E-state index contributed by atoms with van der Waals surface area (Å²) in [6.07, 6.45) is 3.12. The normalized spacial score (nSPS) is 12.7. The highest BCUT2D eigenvalue weighted by Gasteiger charge is 2.19. The van der Waals surface area contributed by atoms with E-state index >= 15 is 0 Å². The molecule has 1 atom stereocenters. The maximum Gasteiger partial charge on any atom is 0.0489 e. The van der Waals surface area contributed by atoms with Crippen LogP contribution in [0.2, 0.25) is 0 Å². The van der Waals surface area contributed by atoms with Gasteiger partial charge in [0.2, 0.25) is 0 Å². The zero-order valence-electron chi connectivity index (χ0n) is 17.2. The topological polar surface area (TPSA) is 47.9 Å². The third-order valence-corrected chi connectivity index (χ3v) is 4.16. The van der Waals surface area contributed by atoms with E-state index in [1.165, 1.54) is 11.1 Å². The van der Waals surface area contributed by atoms with Crippen molar-refractivity contribution in [2.24, 2.45) is 5.92 Å². The van der Waals surface area contributed by atoms with Crippen LogP contribution in [-0.2, 0) is 6.42 Å².